The number of rotatable bonds is 3. The highest BCUT2D eigenvalue weighted by Crippen LogP contribution is 2.39. The third-order valence-electron chi connectivity index (χ3n) is 5.23. The van der Waals surface area contributed by atoms with Crippen LogP contribution in [0.15, 0.2) is 24.3 Å². The lowest BCUT2D eigenvalue weighted by Crippen LogP contribution is -2.54. The van der Waals surface area contributed by atoms with Crippen molar-refractivity contribution in [1.82, 2.24) is 19.7 Å². The molecule has 0 N–H and O–H groups in total. The third kappa shape index (κ3) is 2.82. The van der Waals surface area contributed by atoms with Gasteiger partial charge in [0, 0.05) is 39.0 Å². The molecule has 1 aromatic carbocycles. The van der Waals surface area contributed by atoms with Gasteiger partial charge in [-0.2, -0.15) is 5.01 Å². The Bertz CT molecular complexity index is 901. The van der Waals surface area contributed by atoms with Gasteiger partial charge in [0.1, 0.15) is 0 Å². The van der Waals surface area contributed by atoms with Crippen LogP contribution in [0.3, 0.4) is 0 Å². The fourth-order valence-electron chi connectivity index (χ4n) is 3.63. The van der Waals surface area contributed by atoms with Crippen molar-refractivity contribution in [2.75, 3.05) is 48.1 Å². The number of aromatic nitrogens is 3. The van der Waals surface area contributed by atoms with Gasteiger partial charge in [-0.15, -0.1) is 10.2 Å². The normalized spacial score (nSPS) is 16.8. The number of hydrogen-bond acceptors (Lipinski definition) is 6. The van der Waals surface area contributed by atoms with Crippen molar-refractivity contribution in [3.8, 4) is 5.69 Å². The zero-order valence-electron chi connectivity index (χ0n) is 16.5. The maximum absolute atomic E-state index is 12.8. The van der Waals surface area contributed by atoms with E-state index < -0.39 is 0 Å². The molecule has 0 bridgehead atoms. The number of carbonyl (C=O) groups excluding carboxylic acids is 2. The minimum atomic E-state index is -0.199. The highest BCUT2D eigenvalue weighted by molar-refractivity contribution is 6.08. The molecule has 2 aliphatic rings. The zero-order valence-corrected chi connectivity index (χ0v) is 16.5. The lowest BCUT2D eigenvalue weighted by molar-refractivity contribution is -0.123. The highest BCUT2D eigenvalue weighted by Gasteiger charge is 2.39. The van der Waals surface area contributed by atoms with Crippen LogP contribution < -0.4 is 14.9 Å². The second-order valence-corrected chi connectivity index (χ2v) is 7.03. The van der Waals surface area contributed by atoms with E-state index in [0.29, 0.717) is 17.6 Å². The third-order valence-corrected chi connectivity index (χ3v) is 5.23. The minimum absolute atomic E-state index is 0.162. The van der Waals surface area contributed by atoms with E-state index in [1.807, 2.05) is 28.8 Å². The summed E-state index contributed by atoms with van der Waals surface area (Å²) in [6.45, 7) is 7.09. The lowest BCUT2D eigenvalue weighted by Gasteiger charge is -2.39. The largest absolute Gasteiger partial charge is 0.338 e. The number of hydrogen-bond donors (Lipinski definition) is 0. The number of piperazine rings is 1. The van der Waals surface area contributed by atoms with Gasteiger partial charge in [0.25, 0.3) is 5.95 Å². The first kappa shape index (κ1) is 18.4. The van der Waals surface area contributed by atoms with Crippen LogP contribution in [0.1, 0.15) is 26.7 Å². The van der Waals surface area contributed by atoms with Crippen LogP contribution >= 0.6 is 0 Å². The number of nitrogens with zero attached hydrogens (tertiary/aromatic N) is 7. The van der Waals surface area contributed by atoms with Crippen LogP contribution in [0.4, 0.5) is 17.6 Å². The molecule has 2 aromatic rings. The molecule has 1 saturated heterocycles. The topological polar surface area (TPSA) is 77.8 Å². The molecule has 9 nitrogen and oxygen atoms in total. The van der Waals surface area contributed by atoms with Crippen molar-refractivity contribution in [2.24, 2.45) is 0 Å². The summed E-state index contributed by atoms with van der Waals surface area (Å²) in [5, 5.41) is 11.6. The number of para-hydroxylation sites is 2. The van der Waals surface area contributed by atoms with Crippen LogP contribution in [0.5, 0.6) is 0 Å². The van der Waals surface area contributed by atoms with E-state index in [-0.39, 0.29) is 24.7 Å². The lowest BCUT2D eigenvalue weighted by atomic mass is 10.2. The van der Waals surface area contributed by atoms with Crippen LogP contribution in [-0.2, 0) is 9.59 Å². The van der Waals surface area contributed by atoms with Crippen molar-refractivity contribution < 1.29 is 9.59 Å². The smallest absolute Gasteiger partial charge is 0.260 e. The monoisotopic (exact) mass is 383 g/mol. The Labute approximate surface area is 164 Å². The zero-order chi connectivity index (χ0) is 19.8. The van der Waals surface area contributed by atoms with Crippen molar-refractivity contribution in [2.45, 2.75) is 26.7 Å². The van der Waals surface area contributed by atoms with Crippen molar-refractivity contribution in [1.29, 1.82) is 0 Å². The summed E-state index contributed by atoms with van der Waals surface area (Å²) in [4.78, 5) is 30.1. The predicted octanol–water partition coefficient (Wildman–Crippen LogP) is 1.43. The van der Waals surface area contributed by atoms with Crippen molar-refractivity contribution in [3.63, 3.8) is 0 Å². The van der Waals surface area contributed by atoms with Crippen LogP contribution in [0.25, 0.3) is 5.69 Å². The van der Waals surface area contributed by atoms with Crippen molar-refractivity contribution >= 4 is 29.4 Å². The average Bonchev–Trinajstić information content (AvgIpc) is 3.17. The van der Waals surface area contributed by atoms with Gasteiger partial charge in [-0.1, -0.05) is 26.0 Å². The molecule has 2 amide bonds. The quantitative estimate of drug-likeness (QED) is 0.798. The molecule has 1 aromatic heterocycles. The molecule has 28 heavy (non-hydrogen) atoms. The molecule has 0 radical (unpaired) electrons. The molecule has 0 saturated carbocycles. The standard InChI is InChI=1S/C19H25N7O2/c1-4-16(27)25-15-9-7-6-8-14(15)24-18(23-12-10-22(3)11-13-23)20-21-19(24)26(25)17(28)5-2/h6-9H,4-5,10-13H2,1-3H3. The van der Waals surface area contributed by atoms with Gasteiger partial charge < -0.3 is 9.80 Å². The van der Waals surface area contributed by atoms with Gasteiger partial charge in [0.05, 0.1) is 11.4 Å². The molecule has 0 aliphatic carbocycles. The van der Waals surface area contributed by atoms with E-state index >= 15 is 0 Å². The number of hydrazine groups is 1. The number of anilines is 3. The molecule has 1 fully saturated rings. The molecule has 0 atom stereocenters. The fourth-order valence-corrected chi connectivity index (χ4v) is 3.63. The Hall–Kier alpha value is -2.94. The summed E-state index contributed by atoms with van der Waals surface area (Å²) < 4.78 is 1.90. The maximum atomic E-state index is 12.8. The number of amides is 2. The van der Waals surface area contributed by atoms with Crippen LogP contribution in [-0.4, -0.2) is 64.7 Å². The van der Waals surface area contributed by atoms with E-state index in [0.717, 1.165) is 31.9 Å². The van der Waals surface area contributed by atoms with E-state index in [9.17, 15) is 9.59 Å². The molecule has 9 heteroatoms. The molecule has 0 unspecified atom stereocenters. The fraction of sp³-hybridized carbons (Fsp3) is 0.474. The Morgan fingerprint density at radius 1 is 0.857 bits per heavy atom. The maximum Gasteiger partial charge on any atom is 0.260 e. The Morgan fingerprint density at radius 3 is 2.07 bits per heavy atom. The van der Waals surface area contributed by atoms with E-state index in [2.05, 4.69) is 27.0 Å². The predicted molar refractivity (Wildman–Crippen MR) is 107 cm³/mol. The number of carbonyl (C=O) groups is 2. The summed E-state index contributed by atoms with van der Waals surface area (Å²) in [7, 11) is 2.10. The number of benzene rings is 1. The Balaban J connectivity index is 1.88. The second kappa shape index (κ2) is 7.23. The van der Waals surface area contributed by atoms with Crippen molar-refractivity contribution in [3.05, 3.63) is 24.3 Å². The minimum Gasteiger partial charge on any atom is -0.338 e. The second-order valence-electron chi connectivity index (χ2n) is 7.03. The molecule has 2 aliphatic heterocycles. The number of fused-ring (bicyclic) bond motifs is 3. The molecule has 0 spiro atoms. The first-order valence-electron chi connectivity index (χ1n) is 9.71. The van der Waals surface area contributed by atoms with Crippen LogP contribution in [0, 0.1) is 0 Å². The van der Waals surface area contributed by atoms with Crippen LogP contribution in [0.2, 0.25) is 0 Å². The molecule has 148 valence electrons. The molecular formula is C19H25N7O2. The van der Waals surface area contributed by atoms with Gasteiger partial charge in [0.15, 0.2) is 0 Å². The van der Waals surface area contributed by atoms with Gasteiger partial charge >= 0.3 is 0 Å². The van der Waals surface area contributed by atoms with E-state index in [4.69, 9.17) is 0 Å². The van der Waals surface area contributed by atoms with E-state index in [1.165, 1.54) is 10.0 Å². The average molecular weight is 383 g/mol. The molecule has 3 heterocycles. The van der Waals surface area contributed by atoms with Gasteiger partial charge in [-0.25, -0.2) is 9.58 Å². The first-order valence-corrected chi connectivity index (χ1v) is 9.71. The molecule has 4 rings (SSSR count). The Morgan fingerprint density at radius 2 is 1.43 bits per heavy atom. The Kier molecular flexibility index (Phi) is 4.76. The van der Waals surface area contributed by atoms with Gasteiger partial charge in [-0.3, -0.25) is 9.59 Å². The van der Waals surface area contributed by atoms with Gasteiger partial charge in [0.2, 0.25) is 17.8 Å². The molecular weight excluding hydrogens is 358 g/mol. The number of likely N-dealkylation sites (N-methyl/N-ethyl adjacent to an activating group) is 1. The van der Waals surface area contributed by atoms with E-state index in [1.54, 1.807) is 13.8 Å². The summed E-state index contributed by atoms with van der Waals surface area (Å²) in [5.74, 6) is 0.703. The summed E-state index contributed by atoms with van der Waals surface area (Å²) in [6.07, 6.45) is 0.535. The first-order chi connectivity index (χ1) is 13.6. The van der Waals surface area contributed by atoms with Gasteiger partial charge in [-0.05, 0) is 19.2 Å². The summed E-state index contributed by atoms with van der Waals surface area (Å²) in [6, 6.07) is 7.58. The summed E-state index contributed by atoms with van der Waals surface area (Å²) >= 11 is 0. The summed E-state index contributed by atoms with van der Waals surface area (Å²) in [5.41, 5.74) is 1.47. The highest BCUT2D eigenvalue weighted by atomic mass is 16.2. The SMILES string of the molecule is CCC(=O)N1c2ccccc2-n2c(N3CCN(C)CC3)nnc2N1C(=O)CC.